The molecule has 116 valence electrons. The van der Waals surface area contributed by atoms with Crippen LogP contribution in [0.5, 0.6) is 0 Å². The van der Waals surface area contributed by atoms with Gasteiger partial charge in [-0.05, 0) is 25.1 Å². The van der Waals surface area contributed by atoms with Gasteiger partial charge >= 0.3 is 6.18 Å². The molecular formula is C12H13ClF3N3O2. The SMILES string of the molecule is CNC(=O)c1ccc(Cl)c(NC(=O)C(C)(N)C(F)(F)F)c1. The fourth-order valence-corrected chi connectivity index (χ4v) is 1.45. The number of rotatable bonds is 3. The quantitative estimate of drug-likeness (QED) is 0.794. The van der Waals surface area contributed by atoms with Crippen LogP contribution in [-0.2, 0) is 4.79 Å². The highest BCUT2D eigenvalue weighted by atomic mass is 35.5. The number of nitrogens with one attached hydrogen (secondary N) is 2. The summed E-state index contributed by atoms with van der Waals surface area (Å²) in [6, 6.07) is 3.80. The number of alkyl halides is 3. The third-order valence-corrected chi connectivity index (χ3v) is 3.09. The number of halogens is 4. The summed E-state index contributed by atoms with van der Waals surface area (Å²) in [6.45, 7) is 0.541. The zero-order chi connectivity index (χ0) is 16.4. The van der Waals surface area contributed by atoms with Crippen LogP contribution in [0, 0.1) is 0 Å². The summed E-state index contributed by atoms with van der Waals surface area (Å²) in [5.74, 6) is -1.96. The van der Waals surface area contributed by atoms with E-state index in [-0.39, 0.29) is 16.3 Å². The minimum Gasteiger partial charge on any atom is -0.355 e. The Hall–Kier alpha value is -1.80. The Morgan fingerprint density at radius 2 is 1.86 bits per heavy atom. The van der Waals surface area contributed by atoms with Gasteiger partial charge in [0.2, 0.25) is 0 Å². The van der Waals surface area contributed by atoms with E-state index in [0.29, 0.717) is 6.92 Å². The molecule has 0 spiro atoms. The van der Waals surface area contributed by atoms with Crippen LogP contribution in [0.25, 0.3) is 0 Å². The lowest BCUT2D eigenvalue weighted by Crippen LogP contribution is -2.59. The maximum absolute atomic E-state index is 12.7. The van der Waals surface area contributed by atoms with Crippen LogP contribution in [0.3, 0.4) is 0 Å². The van der Waals surface area contributed by atoms with E-state index in [1.54, 1.807) is 0 Å². The van der Waals surface area contributed by atoms with Gasteiger partial charge in [0.25, 0.3) is 11.8 Å². The third-order valence-electron chi connectivity index (χ3n) is 2.76. The average Bonchev–Trinajstić information content (AvgIpc) is 2.38. The summed E-state index contributed by atoms with van der Waals surface area (Å²) in [7, 11) is 1.38. The molecule has 0 aromatic heterocycles. The first kappa shape index (κ1) is 17.3. The molecule has 1 aromatic carbocycles. The second kappa shape index (κ2) is 5.90. The second-order valence-corrected chi connectivity index (χ2v) is 4.84. The van der Waals surface area contributed by atoms with Crippen molar-refractivity contribution < 1.29 is 22.8 Å². The molecule has 0 saturated heterocycles. The van der Waals surface area contributed by atoms with E-state index in [1.807, 2.05) is 5.32 Å². The standard InChI is InChI=1S/C12H13ClF3N3O2/c1-11(17,12(14,15)16)10(21)19-8-5-6(9(20)18-2)3-4-7(8)13/h3-5H,17H2,1-2H3,(H,18,20)(H,19,21). The Kier molecular flexibility index (Phi) is 4.85. The molecule has 0 radical (unpaired) electrons. The minimum atomic E-state index is -4.93. The first-order valence-corrected chi connectivity index (χ1v) is 6.07. The molecule has 9 heteroatoms. The Balaban J connectivity index is 3.08. The Labute approximate surface area is 123 Å². The molecule has 0 aliphatic carbocycles. The van der Waals surface area contributed by atoms with Gasteiger partial charge in [-0.2, -0.15) is 13.2 Å². The van der Waals surface area contributed by atoms with Crippen molar-refractivity contribution in [2.45, 2.75) is 18.6 Å². The fraction of sp³-hybridized carbons (Fsp3) is 0.333. The number of hydrogen-bond acceptors (Lipinski definition) is 3. The molecule has 1 aromatic rings. The van der Waals surface area contributed by atoms with E-state index in [9.17, 15) is 22.8 Å². The van der Waals surface area contributed by atoms with E-state index in [4.69, 9.17) is 17.3 Å². The largest absolute Gasteiger partial charge is 0.415 e. The molecule has 2 amide bonds. The van der Waals surface area contributed by atoms with E-state index in [0.717, 1.165) is 6.07 Å². The maximum Gasteiger partial charge on any atom is 0.415 e. The van der Waals surface area contributed by atoms with Crippen LogP contribution < -0.4 is 16.4 Å². The Morgan fingerprint density at radius 3 is 2.33 bits per heavy atom. The predicted molar refractivity (Wildman–Crippen MR) is 72.1 cm³/mol. The number of hydrogen-bond donors (Lipinski definition) is 3. The van der Waals surface area contributed by atoms with Gasteiger partial charge in [-0.25, -0.2) is 0 Å². The molecule has 0 saturated carbocycles. The van der Waals surface area contributed by atoms with Crippen molar-refractivity contribution in [3.63, 3.8) is 0 Å². The first-order chi connectivity index (χ1) is 9.50. The Bertz CT molecular complexity index is 573. The fourth-order valence-electron chi connectivity index (χ4n) is 1.29. The van der Waals surface area contributed by atoms with Crippen molar-refractivity contribution in [1.82, 2.24) is 5.32 Å². The molecule has 1 unspecified atom stereocenters. The molecule has 21 heavy (non-hydrogen) atoms. The highest BCUT2D eigenvalue weighted by molar-refractivity contribution is 6.34. The predicted octanol–water partition coefficient (Wildman–Crippen LogP) is 1.92. The number of carbonyl (C=O) groups excluding carboxylic acids is 2. The first-order valence-electron chi connectivity index (χ1n) is 5.69. The zero-order valence-electron chi connectivity index (χ0n) is 11.1. The normalized spacial score (nSPS) is 14.2. The summed E-state index contributed by atoms with van der Waals surface area (Å²) in [4.78, 5) is 23.1. The maximum atomic E-state index is 12.7. The monoisotopic (exact) mass is 323 g/mol. The van der Waals surface area contributed by atoms with Gasteiger partial charge in [0.05, 0.1) is 10.7 Å². The van der Waals surface area contributed by atoms with E-state index < -0.39 is 23.5 Å². The van der Waals surface area contributed by atoms with Crippen molar-refractivity contribution in [2.24, 2.45) is 5.73 Å². The van der Waals surface area contributed by atoms with Crippen LogP contribution in [-0.4, -0.2) is 30.6 Å². The van der Waals surface area contributed by atoms with Crippen molar-refractivity contribution in [3.05, 3.63) is 28.8 Å². The number of benzene rings is 1. The molecule has 1 rings (SSSR count). The molecule has 0 heterocycles. The van der Waals surface area contributed by atoms with Crippen molar-refractivity contribution in [1.29, 1.82) is 0 Å². The summed E-state index contributed by atoms with van der Waals surface area (Å²) in [5.41, 5.74) is 1.91. The van der Waals surface area contributed by atoms with Gasteiger partial charge in [-0.1, -0.05) is 11.6 Å². The van der Waals surface area contributed by atoms with Crippen LogP contribution in [0.4, 0.5) is 18.9 Å². The lowest BCUT2D eigenvalue weighted by Gasteiger charge is -2.26. The number of nitrogens with two attached hydrogens (primary N) is 1. The summed E-state index contributed by atoms with van der Waals surface area (Å²) < 4.78 is 38.0. The van der Waals surface area contributed by atoms with E-state index >= 15 is 0 Å². The number of amides is 2. The molecule has 0 aliphatic heterocycles. The van der Waals surface area contributed by atoms with Gasteiger partial charge in [-0.15, -0.1) is 0 Å². The second-order valence-electron chi connectivity index (χ2n) is 4.43. The highest BCUT2D eigenvalue weighted by Gasteiger charge is 2.54. The van der Waals surface area contributed by atoms with Crippen LogP contribution in [0.1, 0.15) is 17.3 Å². The molecule has 0 fully saturated rings. The van der Waals surface area contributed by atoms with E-state index in [2.05, 4.69) is 5.32 Å². The molecule has 4 N–H and O–H groups in total. The molecule has 1 atom stereocenters. The lowest BCUT2D eigenvalue weighted by molar-refractivity contribution is -0.184. The molecule has 5 nitrogen and oxygen atoms in total. The van der Waals surface area contributed by atoms with Crippen LogP contribution >= 0.6 is 11.6 Å². The van der Waals surface area contributed by atoms with Crippen LogP contribution in [0.2, 0.25) is 5.02 Å². The van der Waals surface area contributed by atoms with Crippen molar-refractivity contribution >= 4 is 29.1 Å². The molecule has 0 aliphatic rings. The summed E-state index contributed by atoms with van der Waals surface area (Å²) >= 11 is 5.78. The number of anilines is 1. The van der Waals surface area contributed by atoms with Gasteiger partial charge in [0.1, 0.15) is 0 Å². The topological polar surface area (TPSA) is 84.2 Å². The smallest absolute Gasteiger partial charge is 0.355 e. The summed E-state index contributed by atoms with van der Waals surface area (Å²) in [6.07, 6.45) is -4.93. The highest BCUT2D eigenvalue weighted by Crippen LogP contribution is 2.30. The number of carbonyl (C=O) groups is 2. The third kappa shape index (κ3) is 3.64. The van der Waals surface area contributed by atoms with Crippen LogP contribution in [0.15, 0.2) is 18.2 Å². The Morgan fingerprint density at radius 1 is 1.29 bits per heavy atom. The van der Waals surface area contributed by atoms with Gasteiger partial charge < -0.3 is 16.4 Å². The minimum absolute atomic E-state index is 0.0195. The van der Waals surface area contributed by atoms with E-state index in [1.165, 1.54) is 19.2 Å². The average molecular weight is 324 g/mol. The summed E-state index contributed by atoms with van der Waals surface area (Å²) in [5, 5.41) is 4.30. The lowest BCUT2D eigenvalue weighted by atomic mass is 10.0. The zero-order valence-corrected chi connectivity index (χ0v) is 11.9. The van der Waals surface area contributed by atoms with Gasteiger partial charge in [0, 0.05) is 12.6 Å². The van der Waals surface area contributed by atoms with Gasteiger partial charge in [-0.3, -0.25) is 9.59 Å². The molecular weight excluding hydrogens is 311 g/mol. The van der Waals surface area contributed by atoms with Crippen molar-refractivity contribution in [2.75, 3.05) is 12.4 Å². The van der Waals surface area contributed by atoms with Gasteiger partial charge in [0.15, 0.2) is 5.54 Å². The van der Waals surface area contributed by atoms with Crippen molar-refractivity contribution in [3.8, 4) is 0 Å². The molecule has 0 bridgehead atoms.